The van der Waals surface area contributed by atoms with E-state index in [1.54, 1.807) is 0 Å². The minimum atomic E-state index is -1.13. The lowest BCUT2D eigenvalue weighted by Crippen LogP contribution is -2.14. The second kappa shape index (κ2) is 3.97. The summed E-state index contributed by atoms with van der Waals surface area (Å²) < 4.78 is 1.05. The smallest absolute Gasteiger partial charge is 0.248 e. The van der Waals surface area contributed by atoms with Gasteiger partial charge in [0.25, 0.3) is 0 Å². The zero-order valence-corrected chi connectivity index (χ0v) is 7.01. The van der Waals surface area contributed by atoms with Crippen molar-refractivity contribution in [3.8, 4) is 0 Å². The summed E-state index contributed by atoms with van der Waals surface area (Å²) in [5, 5.41) is 23.6. The van der Waals surface area contributed by atoms with Gasteiger partial charge in [-0.3, -0.25) is 10.1 Å². The molecule has 1 amide bonds. The van der Waals surface area contributed by atoms with E-state index >= 15 is 0 Å². The minimum absolute atomic E-state index is 0.0972. The Labute approximate surface area is 74.0 Å². The molecule has 0 saturated heterocycles. The Hall–Kier alpha value is -1.47. The van der Waals surface area contributed by atoms with Crippen molar-refractivity contribution in [2.45, 2.75) is 13.2 Å². The Morgan fingerprint density at radius 3 is 3.08 bits per heavy atom. The summed E-state index contributed by atoms with van der Waals surface area (Å²) in [6.45, 7) is 0.867. The fraction of sp³-hybridized carbons (Fsp3) is 0.500. The molecule has 1 aromatic rings. The first-order valence-corrected chi connectivity index (χ1v) is 3.61. The number of rotatable bonds is 3. The summed E-state index contributed by atoms with van der Waals surface area (Å²) in [6.07, 6.45) is 0.0848. The average Bonchev–Trinajstić information content (AvgIpc) is 2.50. The van der Waals surface area contributed by atoms with Gasteiger partial charge in [-0.15, -0.1) is 5.10 Å². The van der Waals surface area contributed by atoms with E-state index in [9.17, 15) is 4.79 Å². The molecule has 0 aromatic carbocycles. The van der Waals surface area contributed by atoms with Crippen LogP contribution < -0.4 is 5.32 Å². The molecule has 0 bridgehead atoms. The number of nitrogens with zero attached hydrogens (tertiary/aromatic N) is 3. The van der Waals surface area contributed by atoms with Crippen molar-refractivity contribution in [1.82, 2.24) is 14.8 Å². The largest absolute Gasteiger partial charge is 0.392 e. The predicted molar refractivity (Wildman–Crippen MR) is 42.7 cm³/mol. The number of aliphatic hydroxyl groups is 2. The number of anilines is 1. The number of nitrogens with one attached hydrogen (secondary N) is 1. The summed E-state index contributed by atoms with van der Waals surface area (Å²) in [4.78, 5) is 14.2. The summed E-state index contributed by atoms with van der Waals surface area (Å²) in [7, 11) is 0. The van der Waals surface area contributed by atoms with Gasteiger partial charge in [0.1, 0.15) is 6.33 Å². The van der Waals surface area contributed by atoms with Gasteiger partial charge in [0, 0.05) is 6.92 Å². The van der Waals surface area contributed by atoms with Crippen LogP contribution in [0.5, 0.6) is 0 Å². The van der Waals surface area contributed by atoms with Crippen molar-refractivity contribution in [2.24, 2.45) is 0 Å². The number of carbonyl (C=O) groups excluding carboxylic acids is 1. The van der Waals surface area contributed by atoms with Crippen LogP contribution in [0.3, 0.4) is 0 Å². The molecule has 1 atom stereocenters. The van der Waals surface area contributed by atoms with E-state index < -0.39 is 12.8 Å². The molecule has 7 heteroatoms. The molecule has 0 radical (unpaired) electrons. The lowest BCUT2D eigenvalue weighted by atomic mass is 10.6. The van der Waals surface area contributed by atoms with Crippen molar-refractivity contribution in [1.29, 1.82) is 0 Å². The van der Waals surface area contributed by atoms with E-state index in [2.05, 4.69) is 15.4 Å². The van der Waals surface area contributed by atoms with E-state index in [1.807, 2.05) is 0 Å². The molecule has 0 spiro atoms. The highest BCUT2D eigenvalue weighted by Crippen LogP contribution is 2.01. The molecular weight excluding hydrogens is 176 g/mol. The lowest BCUT2D eigenvalue weighted by Gasteiger charge is -2.04. The fourth-order valence-electron chi connectivity index (χ4n) is 0.717. The Kier molecular flexibility index (Phi) is 2.93. The molecule has 72 valence electrons. The molecule has 0 aliphatic carbocycles. The fourth-order valence-corrected chi connectivity index (χ4v) is 0.717. The van der Waals surface area contributed by atoms with Gasteiger partial charge in [0.15, 0.2) is 6.23 Å². The SMILES string of the molecule is CC(=O)Nc1ncn([C@H](O)CO)n1. The van der Waals surface area contributed by atoms with Crippen molar-refractivity contribution in [3.63, 3.8) is 0 Å². The van der Waals surface area contributed by atoms with Crippen molar-refractivity contribution in [3.05, 3.63) is 6.33 Å². The number of amides is 1. The third-order valence-corrected chi connectivity index (χ3v) is 1.27. The summed E-state index contributed by atoms with van der Waals surface area (Å²) in [6, 6.07) is 0. The van der Waals surface area contributed by atoms with Crippen LogP contribution in [0.4, 0.5) is 5.95 Å². The van der Waals surface area contributed by atoms with Gasteiger partial charge in [-0.1, -0.05) is 0 Å². The second-order valence-electron chi connectivity index (χ2n) is 2.39. The number of carbonyl (C=O) groups is 1. The second-order valence-corrected chi connectivity index (χ2v) is 2.39. The number of hydrogen-bond acceptors (Lipinski definition) is 5. The maximum atomic E-state index is 10.5. The van der Waals surface area contributed by atoms with Gasteiger partial charge in [0.2, 0.25) is 11.9 Å². The first-order chi connectivity index (χ1) is 6.13. The standard InChI is InChI=1S/C6H10N4O3/c1-4(12)8-6-7-3-10(9-6)5(13)2-11/h3,5,11,13H,2H2,1H3,(H,8,9,12)/t5-/m1/s1. The van der Waals surface area contributed by atoms with Crippen molar-refractivity contribution < 1.29 is 15.0 Å². The molecule has 0 saturated carbocycles. The predicted octanol–water partition coefficient (Wildman–Crippen LogP) is -1.28. The minimum Gasteiger partial charge on any atom is -0.392 e. The van der Waals surface area contributed by atoms with Gasteiger partial charge in [-0.05, 0) is 0 Å². The molecule has 1 aromatic heterocycles. The Morgan fingerprint density at radius 2 is 2.54 bits per heavy atom. The summed E-state index contributed by atoms with van der Waals surface area (Å²) in [5.74, 6) is -0.198. The van der Waals surface area contributed by atoms with Crippen LogP contribution in [0.1, 0.15) is 13.2 Å². The maximum absolute atomic E-state index is 10.5. The van der Waals surface area contributed by atoms with Crippen molar-refractivity contribution >= 4 is 11.9 Å². The highest BCUT2D eigenvalue weighted by atomic mass is 16.3. The molecule has 0 aliphatic rings. The van der Waals surface area contributed by atoms with Crippen LogP contribution >= 0.6 is 0 Å². The van der Waals surface area contributed by atoms with Gasteiger partial charge in [0.05, 0.1) is 6.61 Å². The van der Waals surface area contributed by atoms with E-state index in [-0.39, 0.29) is 11.9 Å². The van der Waals surface area contributed by atoms with Crippen molar-refractivity contribution in [2.75, 3.05) is 11.9 Å². The molecule has 0 unspecified atom stereocenters. The highest BCUT2D eigenvalue weighted by Gasteiger charge is 2.08. The molecule has 3 N–H and O–H groups in total. The molecule has 0 fully saturated rings. The van der Waals surface area contributed by atoms with Gasteiger partial charge < -0.3 is 10.2 Å². The van der Waals surface area contributed by atoms with Crippen LogP contribution in [0.25, 0.3) is 0 Å². The zero-order chi connectivity index (χ0) is 9.84. The molecule has 1 heterocycles. The van der Waals surface area contributed by atoms with E-state index in [1.165, 1.54) is 13.3 Å². The van der Waals surface area contributed by atoms with Crippen LogP contribution in [0, 0.1) is 0 Å². The van der Waals surface area contributed by atoms with Gasteiger partial charge in [-0.2, -0.15) is 0 Å². The summed E-state index contributed by atoms with van der Waals surface area (Å²) >= 11 is 0. The first-order valence-electron chi connectivity index (χ1n) is 3.61. The summed E-state index contributed by atoms with van der Waals surface area (Å²) in [5.41, 5.74) is 0. The van der Waals surface area contributed by atoms with Crippen LogP contribution in [0.2, 0.25) is 0 Å². The normalized spacial score (nSPS) is 12.5. The van der Waals surface area contributed by atoms with E-state index in [0.717, 1.165) is 4.68 Å². The number of hydrogen-bond donors (Lipinski definition) is 3. The average molecular weight is 186 g/mol. The topological polar surface area (TPSA) is 100 Å². The third kappa shape index (κ3) is 2.49. The van der Waals surface area contributed by atoms with Gasteiger partial charge >= 0.3 is 0 Å². The quantitative estimate of drug-likeness (QED) is 0.546. The first kappa shape index (κ1) is 9.62. The van der Waals surface area contributed by atoms with E-state index in [4.69, 9.17) is 10.2 Å². The molecule has 0 aliphatic heterocycles. The maximum Gasteiger partial charge on any atom is 0.248 e. The van der Waals surface area contributed by atoms with Crippen LogP contribution in [-0.4, -0.2) is 37.5 Å². The molecule has 13 heavy (non-hydrogen) atoms. The molecule has 1 rings (SSSR count). The highest BCUT2D eigenvalue weighted by molar-refractivity contribution is 5.86. The zero-order valence-electron chi connectivity index (χ0n) is 7.01. The Balaban J connectivity index is 2.68. The van der Waals surface area contributed by atoms with Crippen LogP contribution in [0.15, 0.2) is 6.33 Å². The molecule has 7 nitrogen and oxygen atoms in total. The van der Waals surface area contributed by atoms with Crippen LogP contribution in [-0.2, 0) is 4.79 Å². The number of aliphatic hydroxyl groups excluding tert-OH is 2. The monoisotopic (exact) mass is 186 g/mol. The lowest BCUT2D eigenvalue weighted by molar-refractivity contribution is -0.114. The Morgan fingerprint density at radius 1 is 1.85 bits per heavy atom. The molecular formula is C6H10N4O3. The third-order valence-electron chi connectivity index (χ3n) is 1.27. The van der Waals surface area contributed by atoms with Gasteiger partial charge in [-0.25, -0.2) is 9.67 Å². The van der Waals surface area contributed by atoms with E-state index in [0.29, 0.717) is 0 Å². The number of aromatic nitrogens is 3. The Bertz CT molecular complexity index is 298.